The number of hydrogen-bond donors (Lipinski definition) is 2. The molecule has 2 N–H and O–H groups in total. The van der Waals surface area contributed by atoms with Crippen LogP contribution in [0.25, 0.3) is 22.2 Å². The van der Waals surface area contributed by atoms with E-state index in [9.17, 15) is 9.90 Å². The van der Waals surface area contributed by atoms with Gasteiger partial charge < -0.3 is 19.3 Å². The second-order valence-corrected chi connectivity index (χ2v) is 11.3. The number of aliphatic hydroxyl groups excluding tert-OH is 1. The molecule has 0 aliphatic heterocycles. The van der Waals surface area contributed by atoms with E-state index in [1.165, 1.54) is 0 Å². The number of rotatable bonds is 13. The summed E-state index contributed by atoms with van der Waals surface area (Å²) < 4.78 is 27.2. The second-order valence-electron chi connectivity index (χ2n) is 9.53. The molecule has 0 aliphatic rings. The standard InChI is InChI=1S/C32H29BrClN3O5S/c1-2-40-32(39)27(17-38)35-16-23-14-25(34)29(15-28(23)41-19-22-11-7-13-26-31(22)37-43-36-26)42-18-21-10-6-12-24(30(21)33)20-8-4-3-5-9-20/h3-15,27,35,38H,2,16-19H2,1H3/t27-/m1/s1. The summed E-state index contributed by atoms with van der Waals surface area (Å²) in [6, 6.07) is 24.5. The maximum Gasteiger partial charge on any atom is 0.325 e. The molecule has 1 heterocycles. The molecule has 0 saturated heterocycles. The van der Waals surface area contributed by atoms with E-state index < -0.39 is 18.6 Å². The van der Waals surface area contributed by atoms with Crippen molar-refractivity contribution in [3.8, 4) is 22.6 Å². The smallest absolute Gasteiger partial charge is 0.325 e. The zero-order chi connectivity index (χ0) is 30.2. The molecule has 222 valence electrons. The predicted molar refractivity (Wildman–Crippen MR) is 171 cm³/mol. The maximum absolute atomic E-state index is 12.2. The highest BCUT2D eigenvalue weighted by atomic mass is 79.9. The van der Waals surface area contributed by atoms with Crippen LogP contribution in [-0.4, -0.2) is 39.1 Å². The molecule has 1 atom stereocenters. The van der Waals surface area contributed by atoms with E-state index in [0.29, 0.717) is 22.1 Å². The Balaban J connectivity index is 1.39. The number of ether oxygens (including phenoxy) is 3. The Morgan fingerprint density at radius 1 is 0.953 bits per heavy atom. The van der Waals surface area contributed by atoms with Crippen LogP contribution >= 0.6 is 39.3 Å². The van der Waals surface area contributed by atoms with Gasteiger partial charge in [0.1, 0.15) is 41.8 Å². The highest BCUT2D eigenvalue weighted by Crippen LogP contribution is 2.36. The number of aliphatic hydroxyl groups is 1. The van der Waals surface area contributed by atoms with Crippen LogP contribution in [0.3, 0.4) is 0 Å². The molecular formula is C32H29BrClN3O5S. The van der Waals surface area contributed by atoms with E-state index in [-0.39, 0.29) is 26.4 Å². The summed E-state index contributed by atoms with van der Waals surface area (Å²) in [6.45, 7) is 2.18. The average Bonchev–Trinajstić information content (AvgIpc) is 3.51. The monoisotopic (exact) mass is 681 g/mol. The van der Waals surface area contributed by atoms with Crippen molar-refractivity contribution in [3.05, 3.63) is 105 Å². The fourth-order valence-electron chi connectivity index (χ4n) is 4.48. The van der Waals surface area contributed by atoms with E-state index in [1.54, 1.807) is 19.1 Å². The first-order chi connectivity index (χ1) is 21.0. The Labute approximate surface area is 267 Å². The van der Waals surface area contributed by atoms with Crippen molar-refractivity contribution >= 4 is 56.3 Å². The minimum Gasteiger partial charge on any atom is -0.488 e. The van der Waals surface area contributed by atoms with E-state index in [1.807, 2.05) is 48.5 Å². The number of nitrogens with zero attached hydrogens (tertiary/aromatic N) is 2. The SMILES string of the molecule is CCOC(=O)[C@@H](CO)NCc1cc(Cl)c(OCc2cccc(-c3ccccc3)c2Br)cc1OCc1cccc2nsnc12. The third-order valence-corrected chi connectivity index (χ3v) is 8.48. The topological polar surface area (TPSA) is 103 Å². The molecule has 0 aliphatic carbocycles. The van der Waals surface area contributed by atoms with Crippen molar-refractivity contribution < 1.29 is 24.1 Å². The van der Waals surface area contributed by atoms with Crippen LogP contribution in [0.15, 0.2) is 83.3 Å². The zero-order valence-electron chi connectivity index (χ0n) is 23.3. The van der Waals surface area contributed by atoms with Crippen molar-refractivity contribution in [2.45, 2.75) is 32.7 Å². The van der Waals surface area contributed by atoms with Crippen LogP contribution in [0.2, 0.25) is 5.02 Å². The molecule has 1 aromatic heterocycles. The van der Waals surface area contributed by atoms with E-state index in [2.05, 4.69) is 48.2 Å². The Bertz CT molecular complexity index is 1700. The number of benzene rings is 4. The van der Waals surface area contributed by atoms with Crippen LogP contribution in [0.5, 0.6) is 11.5 Å². The van der Waals surface area contributed by atoms with Gasteiger partial charge in [0.2, 0.25) is 0 Å². The first-order valence-electron chi connectivity index (χ1n) is 13.6. The molecular weight excluding hydrogens is 654 g/mol. The number of esters is 1. The van der Waals surface area contributed by atoms with Gasteiger partial charge in [-0.2, -0.15) is 8.75 Å². The van der Waals surface area contributed by atoms with Crippen LogP contribution in [0.1, 0.15) is 23.6 Å². The lowest BCUT2D eigenvalue weighted by atomic mass is 10.0. The largest absolute Gasteiger partial charge is 0.488 e. The van der Waals surface area contributed by atoms with Crippen molar-refractivity contribution in [1.29, 1.82) is 0 Å². The highest BCUT2D eigenvalue weighted by Gasteiger charge is 2.20. The number of carbonyl (C=O) groups excluding carboxylic acids is 1. The zero-order valence-corrected chi connectivity index (χ0v) is 26.4. The second kappa shape index (κ2) is 14.8. The third-order valence-electron chi connectivity index (χ3n) is 6.71. The Hall–Kier alpha value is -3.54. The summed E-state index contributed by atoms with van der Waals surface area (Å²) in [7, 11) is 0. The minimum absolute atomic E-state index is 0.187. The summed E-state index contributed by atoms with van der Waals surface area (Å²) in [5, 5.41) is 13.2. The molecule has 0 saturated carbocycles. The third kappa shape index (κ3) is 7.52. The fraction of sp³-hybridized carbons (Fsp3) is 0.219. The first kappa shape index (κ1) is 30.9. The number of carbonyl (C=O) groups is 1. The van der Waals surface area contributed by atoms with Crippen molar-refractivity contribution in [1.82, 2.24) is 14.1 Å². The Kier molecular flexibility index (Phi) is 10.6. The molecule has 0 amide bonds. The predicted octanol–water partition coefficient (Wildman–Crippen LogP) is 6.95. The Morgan fingerprint density at radius 2 is 1.70 bits per heavy atom. The molecule has 4 aromatic carbocycles. The summed E-state index contributed by atoms with van der Waals surface area (Å²) in [5.74, 6) is 0.407. The quantitative estimate of drug-likeness (QED) is 0.129. The first-order valence-corrected chi connectivity index (χ1v) is 15.5. The van der Waals surface area contributed by atoms with Gasteiger partial charge >= 0.3 is 5.97 Å². The fourth-order valence-corrected chi connectivity index (χ4v) is 5.90. The van der Waals surface area contributed by atoms with Gasteiger partial charge in [0.15, 0.2) is 0 Å². The minimum atomic E-state index is -0.897. The van der Waals surface area contributed by atoms with Crippen molar-refractivity contribution in [3.63, 3.8) is 0 Å². The van der Waals surface area contributed by atoms with Gasteiger partial charge in [-0.05, 0) is 46.1 Å². The lowest BCUT2D eigenvalue weighted by Gasteiger charge is -2.19. The Morgan fingerprint density at radius 3 is 2.49 bits per heavy atom. The number of aromatic nitrogens is 2. The summed E-state index contributed by atoms with van der Waals surface area (Å²) in [5.41, 5.74) is 6.24. The molecule has 0 radical (unpaired) electrons. The molecule has 43 heavy (non-hydrogen) atoms. The normalized spacial score (nSPS) is 11.8. The van der Waals surface area contributed by atoms with Gasteiger partial charge in [0.25, 0.3) is 0 Å². The molecule has 0 unspecified atom stereocenters. The van der Waals surface area contributed by atoms with Crippen LogP contribution < -0.4 is 14.8 Å². The lowest BCUT2D eigenvalue weighted by molar-refractivity contribution is -0.146. The summed E-state index contributed by atoms with van der Waals surface area (Å²) >= 11 is 11.6. The van der Waals surface area contributed by atoms with Gasteiger partial charge in [-0.15, -0.1) is 0 Å². The van der Waals surface area contributed by atoms with E-state index >= 15 is 0 Å². The number of halogens is 2. The van der Waals surface area contributed by atoms with Gasteiger partial charge in [-0.1, -0.05) is 72.3 Å². The number of nitrogens with one attached hydrogen (secondary N) is 1. The van der Waals surface area contributed by atoms with E-state index in [4.69, 9.17) is 25.8 Å². The maximum atomic E-state index is 12.2. The van der Waals surface area contributed by atoms with E-state index in [0.717, 1.165) is 49.5 Å². The molecule has 0 spiro atoms. The summed E-state index contributed by atoms with van der Waals surface area (Å²) in [6.07, 6.45) is 0. The molecule has 0 bridgehead atoms. The number of fused-ring (bicyclic) bond motifs is 1. The molecule has 5 rings (SSSR count). The molecule has 8 nitrogen and oxygen atoms in total. The van der Waals surface area contributed by atoms with Crippen LogP contribution in [0.4, 0.5) is 0 Å². The van der Waals surface area contributed by atoms with Gasteiger partial charge in [0, 0.05) is 33.8 Å². The van der Waals surface area contributed by atoms with Gasteiger partial charge in [-0.3, -0.25) is 10.1 Å². The van der Waals surface area contributed by atoms with Gasteiger partial charge in [0.05, 0.1) is 30.0 Å². The lowest BCUT2D eigenvalue weighted by Crippen LogP contribution is -2.40. The van der Waals surface area contributed by atoms with Crippen molar-refractivity contribution in [2.24, 2.45) is 0 Å². The molecule has 0 fully saturated rings. The van der Waals surface area contributed by atoms with Crippen molar-refractivity contribution in [2.75, 3.05) is 13.2 Å². The average molecular weight is 683 g/mol. The summed E-state index contributed by atoms with van der Waals surface area (Å²) in [4.78, 5) is 12.2. The van der Waals surface area contributed by atoms with Crippen LogP contribution in [0, 0.1) is 0 Å². The number of hydrogen-bond acceptors (Lipinski definition) is 9. The molecule has 5 aromatic rings. The highest BCUT2D eigenvalue weighted by molar-refractivity contribution is 9.10. The molecule has 11 heteroatoms. The van der Waals surface area contributed by atoms with Crippen LogP contribution in [-0.2, 0) is 29.3 Å². The van der Waals surface area contributed by atoms with Gasteiger partial charge in [-0.25, -0.2) is 0 Å².